The lowest BCUT2D eigenvalue weighted by atomic mass is 10.1. The summed E-state index contributed by atoms with van der Waals surface area (Å²) in [7, 11) is 0. The largest absolute Gasteiger partial charge is 0.508 e. The lowest BCUT2D eigenvalue weighted by Crippen LogP contribution is -2.33. The van der Waals surface area contributed by atoms with Crippen LogP contribution in [0, 0.1) is 0 Å². The van der Waals surface area contributed by atoms with E-state index >= 15 is 0 Å². The van der Waals surface area contributed by atoms with Gasteiger partial charge in [0, 0.05) is 6.54 Å². The molecule has 0 saturated carbocycles. The van der Waals surface area contributed by atoms with E-state index in [2.05, 4.69) is 20.3 Å². The number of fused-ring (bicyclic) bond motifs is 1. The Balaban J connectivity index is 1.60. The first-order valence-corrected chi connectivity index (χ1v) is 8.40. The molecule has 0 bridgehead atoms. The monoisotopic (exact) mass is 373 g/mol. The van der Waals surface area contributed by atoms with Gasteiger partial charge in [0.2, 0.25) is 0 Å². The van der Waals surface area contributed by atoms with Gasteiger partial charge in [-0.15, -0.1) is 0 Å². The van der Waals surface area contributed by atoms with Crippen molar-refractivity contribution in [2.45, 2.75) is 31.1 Å². The van der Waals surface area contributed by atoms with Crippen LogP contribution in [-0.2, 0) is 11.3 Å². The maximum absolute atomic E-state index is 10.2. The summed E-state index contributed by atoms with van der Waals surface area (Å²) in [6, 6.07) is 6.85. The van der Waals surface area contributed by atoms with Gasteiger partial charge in [0.1, 0.15) is 30.4 Å². The van der Waals surface area contributed by atoms with E-state index in [0.717, 1.165) is 5.56 Å². The molecule has 27 heavy (non-hydrogen) atoms. The highest BCUT2D eigenvalue weighted by molar-refractivity contribution is 5.82. The summed E-state index contributed by atoms with van der Waals surface area (Å²) in [4.78, 5) is 12.7. The van der Waals surface area contributed by atoms with E-state index in [1.54, 1.807) is 18.2 Å². The van der Waals surface area contributed by atoms with Crippen LogP contribution in [0.5, 0.6) is 5.75 Å². The fourth-order valence-corrected chi connectivity index (χ4v) is 3.13. The molecule has 3 aromatic rings. The van der Waals surface area contributed by atoms with Crippen molar-refractivity contribution in [2.24, 2.45) is 0 Å². The van der Waals surface area contributed by atoms with Crippen LogP contribution in [-0.4, -0.2) is 64.9 Å². The SMILES string of the molecule is OC[C@H]1O[C@@H](n2cnc3c(NCc4cccc(O)c4)ncnc32)C(O)[C@H]1O. The van der Waals surface area contributed by atoms with Crippen molar-refractivity contribution in [3.05, 3.63) is 42.5 Å². The van der Waals surface area contributed by atoms with Crippen molar-refractivity contribution < 1.29 is 25.2 Å². The second-order valence-corrected chi connectivity index (χ2v) is 6.30. The molecule has 142 valence electrons. The van der Waals surface area contributed by atoms with E-state index in [9.17, 15) is 20.4 Å². The number of phenolic OH excluding ortho intramolecular Hbond substituents is 1. The Labute approximate surface area is 153 Å². The van der Waals surface area contributed by atoms with Gasteiger partial charge in [-0.05, 0) is 17.7 Å². The van der Waals surface area contributed by atoms with Crippen LogP contribution < -0.4 is 5.32 Å². The average molecular weight is 373 g/mol. The van der Waals surface area contributed by atoms with Crippen LogP contribution in [0.15, 0.2) is 36.9 Å². The molecule has 1 aromatic carbocycles. The number of benzene rings is 1. The van der Waals surface area contributed by atoms with Crippen molar-refractivity contribution in [3.8, 4) is 5.75 Å². The molecule has 4 atom stereocenters. The highest BCUT2D eigenvalue weighted by Gasteiger charge is 2.44. The molecule has 0 spiro atoms. The predicted molar refractivity (Wildman–Crippen MR) is 93.8 cm³/mol. The van der Waals surface area contributed by atoms with E-state index in [1.807, 2.05) is 6.07 Å². The van der Waals surface area contributed by atoms with Crippen LogP contribution in [0.4, 0.5) is 5.82 Å². The molecular weight excluding hydrogens is 354 g/mol. The molecule has 10 heteroatoms. The van der Waals surface area contributed by atoms with Crippen LogP contribution >= 0.6 is 0 Å². The first-order chi connectivity index (χ1) is 13.1. The lowest BCUT2D eigenvalue weighted by molar-refractivity contribution is -0.0511. The normalized spacial score (nSPS) is 25.1. The number of rotatable bonds is 5. The van der Waals surface area contributed by atoms with Gasteiger partial charge in [-0.25, -0.2) is 15.0 Å². The molecule has 1 aliphatic heterocycles. The van der Waals surface area contributed by atoms with Gasteiger partial charge in [-0.1, -0.05) is 12.1 Å². The maximum atomic E-state index is 10.2. The van der Waals surface area contributed by atoms with Crippen LogP contribution in [0.2, 0.25) is 0 Å². The third-order valence-electron chi connectivity index (χ3n) is 4.52. The van der Waals surface area contributed by atoms with Gasteiger partial charge < -0.3 is 30.5 Å². The highest BCUT2D eigenvalue weighted by Crippen LogP contribution is 2.32. The number of hydrogen-bond acceptors (Lipinski definition) is 9. The molecule has 2 aromatic heterocycles. The lowest BCUT2D eigenvalue weighted by Gasteiger charge is -2.16. The van der Waals surface area contributed by atoms with E-state index in [0.29, 0.717) is 23.5 Å². The zero-order valence-corrected chi connectivity index (χ0v) is 14.2. The van der Waals surface area contributed by atoms with Gasteiger partial charge in [-0.2, -0.15) is 0 Å². The molecule has 0 radical (unpaired) electrons. The minimum Gasteiger partial charge on any atom is -0.508 e. The minimum absolute atomic E-state index is 0.177. The molecule has 1 aliphatic rings. The van der Waals surface area contributed by atoms with Crippen LogP contribution in [0.1, 0.15) is 11.8 Å². The molecule has 10 nitrogen and oxygen atoms in total. The predicted octanol–water partition coefficient (Wildman–Crippen LogP) is -0.245. The molecule has 0 amide bonds. The van der Waals surface area contributed by atoms with Crippen LogP contribution in [0.25, 0.3) is 11.2 Å². The number of anilines is 1. The van der Waals surface area contributed by atoms with Gasteiger partial charge >= 0.3 is 0 Å². The summed E-state index contributed by atoms with van der Waals surface area (Å²) in [5.74, 6) is 0.657. The van der Waals surface area contributed by atoms with E-state index < -0.39 is 31.1 Å². The number of aromatic hydroxyl groups is 1. The molecule has 3 heterocycles. The van der Waals surface area contributed by atoms with Crippen molar-refractivity contribution in [1.82, 2.24) is 19.5 Å². The molecule has 0 aliphatic carbocycles. The van der Waals surface area contributed by atoms with Crippen molar-refractivity contribution in [1.29, 1.82) is 0 Å². The quantitative estimate of drug-likeness (QED) is 0.409. The second kappa shape index (κ2) is 7.08. The number of nitrogens with zero attached hydrogens (tertiary/aromatic N) is 4. The number of phenols is 1. The second-order valence-electron chi connectivity index (χ2n) is 6.30. The fraction of sp³-hybridized carbons (Fsp3) is 0.353. The topological polar surface area (TPSA) is 146 Å². The van der Waals surface area contributed by atoms with Crippen molar-refractivity contribution in [2.75, 3.05) is 11.9 Å². The first-order valence-electron chi connectivity index (χ1n) is 8.40. The first kappa shape index (κ1) is 17.6. The Morgan fingerprint density at radius 3 is 2.74 bits per heavy atom. The number of ether oxygens (including phenoxy) is 1. The van der Waals surface area contributed by atoms with E-state index in [1.165, 1.54) is 17.2 Å². The average Bonchev–Trinajstić information content (AvgIpc) is 3.22. The summed E-state index contributed by atoms with van der Waals surface area (Å²) in [5, 5.41) is 42.1. The number of aromatic nitrogens is 4. The smallest absolute Gasteiger partial charge is 0.167 e. The summed E-state index contributed by atoms with van der Waals surface area (Å²) in [6.07, 6.45) is -1.43. The number of nitrogens with one attached hydrogen (secondary N) is 1. The summed E-state index contributed by atoms with van der Waals surface area (Å²) >= 11 is 0. The van der Waals surface area contributed by atoms with Gasteiger partial charge in [0.05, 0.1) is 12.9 Å². The number of hydrogen-bond donors (Lipinski definition) is 5. The van der Waals surface area contributed by atoms with Gasteiger partial charge in [0.25, 0.3) is 0 Å². The summed E-state index contributed by atoms with van der Waals surface area (Å²) in [6.45, 7) is 0.00823. The molecule has 5 N–H and O–H groups in total. The molecular formula is C17H19N5O5. The highest BCUT2D eigenvalue weighted by atomic mass is 16.6. The number of aliphatic hydroxyl groups excluding tert-OH is 3. The van der Waals surface area contributed by atoms with Gasteiger partial charge in [-0.3, -0.25) is 4.57 Å². The Morgan fingerprint density at radius 1 is 1.15 bits per heavy atom. The zero-order valence-electron chi connectivity index (χ0n) is 14.2. The summed E-state index contributed by atoms with van der Waals surface area (Å²) in [5.41, 5.74) is 1.75. The maximum Gasteiger partial charge on any atom is 0.167 e. The standard InChI is InChI=1S/C17H19N5O5/c23-6-11-13(25)14(26)17(27-11)22-8-21-12-15(19-7-20-16(12)22)18-5-9-2-1-3-10(24)4-9/h1-4,7-8,11,13-14,17,23-26H,5-6H2,(H,18,19,20)/t11-,13+,14?,17-/m1/s1. The fourth-order valence-electron chi connectivity index (χ4n) is 3.13. The Kier molecular flexibility index (Phi) is 4.62. The van der Waals surface area contributed by atoms with E-state index in [-0.39, 0.29) is 5.75 Å². The third-order valence-corrected chi connectivity index (χ3v) is 4.52. The van der Waals surface area contributed by atoms with E-state index in [4.69, 9.17) is 4.74 Å². The Bertz CT molecular complexity index is 948. The number of imidazole rings is 1. The van der Waals surface area contributed by atoms with Crippen molar-refractivity contribution in [3.63, 3.8) is 0 Å². The Morgan fingerprint density at radius 2 is 2.00 bits per heavy atom. The Hall–Kier alpha value is -2.79. The van der Waals surface area contributed by atoms with Crippen LogP contribution in [0.3, 0.4) is 0 Å². The number of aliphatic hydroxyl groups is 3. The molecule has 1 saturated heterocycles. The minimum atomic E-state index is -1.22. The molecule has 4 rings (SSSR count). The summed E-state index contributed by atoms with van der Waals surface area (Å²) < 4.78 is 7.03. The zero-order chi connectivity index (χ0) is 19.0. The third kappa shape index (κ3) is 3.19. The molecule has 1 unspecified atom stereocenters. The van der Waals surface area contributed by atoms with Crippen molar-refractivity contribution >= 4 is 17.0 Å². The molecule has 1 fully saturated rings. The van der Waals surface area contributed by atoms with Gasteiger partial charge in [0.15, 0.2) is 23.2 Å².